The van der Waals surface area contributed by atoms with Crippen molar-refractivity contribution in [2.24, 2.45) is 0 Å². The number of nitrogens with one attached hydrogen (secondary N) is 2. The average molecular weight is 287 g/mol. The van der Waals surface area contributed by atoms with E-state index in [1.165, 1.54) is 18.2 Å². The maximum absolute atomic E-state index is 13.9. The van der Waals surface area contributed by atoms with Crippen molar-refractivity contribution >= 4 is 17.3 Å². The third-order valence-corrected chi connectivity index (χ3v) is 2.66. The fraction of sp³-hybridized carbons (Fsp3) is 0.214. The maximum Gasteiger partial charge on any atom is 0.158 e. The Kier molecular flexibility index (Phi) is 4.64. The van der Waals surface area contributed by atoms with Gasteiger partial charge in [0.25, 0.3) is 0 Å². The molecule has 21 heavy (non-hydrogen) atoms. The Morgan fingerprint density at radius 1 is 1.29 bits per heavy atom. The molecule has 6 nitrogen and oxygen atoms in total. The van der Waals surface area contributed by atoms with E-state index in [4.69, 9.17) is 10.00 Å². The zero-order chi connectivity index (χ0) is 15.2. The summed E-state index contributed by atoms with van der Waals surface area (Å²) in [5.74, 6) is 0.978. The van der Waals surface area contributed by atoms with Gasteiger partial charge in [-0.2, -0.15) is 5.26 Å². The summed E-state index contributed by atoms with van der Waals surface area (Å²) in [4.78, 5) is 8.44. The molecule has 1 aromatic carbocycles. The monoisotopic (exact) mass is 287 g/mol. The van der Waals surface area contributed by atoms with Gasteiger partial charge in [0.15, 0.2) is 5.82 Å². The van der Waals surface area contributed by atoms with Crippen LogP contribution in [0.1, 0.15) is 11.4 Å². The summed E-state index contributed by atoms with van der Waals surface area (Å²) in [6.45, 7) is 0.250. The van der Waals surface area contributed by atoms with Gasteiger partial charge >= 0.3 is 0 Å². The highest BCUT2D eigenvalue weighted by Gasteiger charge is 2.08. The van der Waals surface area contributed by atoms with E-state index < -0.39 is 5.82 Å². The zero-order valence-electron chi connectivity index (χ0n) is 11.6. The van der Waals surface area contributed by atoms with Crippen molar-refractivity contribution in [1.82, 2.24) is 9.97 Å². The van der Waals surface area contributed by atoms with Crippen LogP contribution in [0.4, 0.5) is 21.7 Å². The molecular formula is C14H14FN5O. The minimum atomic E-state index is -0.521. The molecule has 7 heteroatoms. The second-order valence-corrected chi connectivity index (χ2v) is 4.17. The van der Waals surface area contributed by atoms with Crippen LogP contribution >= 0.6 is 0 Å². The van der Waals surface area contributed by atoms with Gasteiger partial charge in [0, 0.05) is 20.2 Å². The lowest BCUT2D eigenvalue weighted by molar-refractivity contribution is 0.178. The predicted octanol–water partition coefficient (Wildman–Crippen LogP) is 2.42. The van der Waals surface area contributed by atoms with Gasteiger partial charge in [0.1, 0.15) is 24.1 Å². The van der Waals surface area contributed by atoms with E-state index in [2.05, 4.69) is 20.6 Å². The van der Waals surface area contributed by atoms with Crippen LogP contribution in [-0.4, -0.2) is 24.1 Å². The van der Waals surface area contributed by atoms with Crippen molar-refractivity contribution in [2.45, 2.75) is 6.61 Å². The van der Waals surface area contributed by atoms with Crippen LogP contribution in [0.15, 0.2) is 24.3 Å². The average Bonchev–Trinajstić information content (AvgIpc) is 2.49. The Morgan fingerprint density at radius 2 is 2.05 bits per heavy atom. The summed E-state index contributed by atoms with van der Waals surface area (Å²) in [5.41, 5.74) is 0.495. The first kappa shape index (κ1) is 14.7. The molecule has 0 aliphatic carbocycles. The molecule has 0 spiro atoms. The maximum atomic E-state index is 13.9. The van der Waals surface area contributed by atoms with Gasteiger partial charge in [0.05, 0.1) is 17.3 Å². The molecule has 0 amide bonds. The van der Waals surface area contributed by atoms with Gasteiger partial charge < -0.3 is 15.4 Å². The van der Waals surface area contributed by atoms with Crippen molar-refractivity contribution in [3.05, 3.63) is 41.5 Å². The van der Waals surface area contributed by atoms with Crippen LogP contribution in [0, 0.1) is 17.1 Å². The lowest BCUT2D eigenvalue weighted by Gasteiger charge is -2.10. The minimum absolute atomic E-state index is 0.234. The van der Waals surface area contributed by atoms with E-state index in [1.54, 1.807) is 20.2 Å². The SMILES string of the molecule is CNc1cc(Nc2ccc(C#N)cc2F)nc(COC)n1. The van der Waals surface area contributed by atoms with Gasteiger partial charge in [-0.15, -0.1) is 0 Å². The molecule has 0 aliphatic heterocycles. The van der Waals surface area contributed by atoms with E-state index in [-0.39, 0.29) is 17.9 Å². The van der Waals surface area contributed by atoms with Crippen LogP contribution < -0.4 is 10.6 Å². The molecule has 108 valence electrons. The molecule has 2 aromatic rings. The van der Waals surface area contributed by atoms with Gasteiger partial charge in [-0.1, -0.05) is 0 Å². The highest BCUT2D eigenvalue weighted by atomic mass is 19.1. The Balaban J connectivity index is 2.30. The molecule has 0 saturated carbocycles. The van der Waals surface area contributed by atoms with Crippen LogP contribution in [0.2, 0.25) is 0 Å². The Morgan fingerprint density at radius 3 is 2.67 bits per heavy atom. The third kappa shape index (κ3) is 3.64. The molecule has 0 radical (unpaired) electrons. The smallest absolute Gasteiger partial charge is 0.158 e. The molecule has 0 saturated heterocycles. The molecule has 1 aromatic heterocycles. The van der Waals surface area contributed by atoms with Crippen LogP contribution in [-0.2, 0) is 11.3 Å². The van der Waals surface area contributed by atoms with Gasteiger partial charge in [-0.05, 0) is 18.2 Å². The molecule has 1 heterocycles. The van der Waals surface area contributed by atoms with Crippen molar-refractivity contribution in [2.75, 3.05) is 24.8 Å². The van der Waals surface area contributed by atoms with E-state index in [0.717, 1.165) is 0 Å². The Labute approximate surface area is 121 Å². The number of hydrogen-bond acceptors (Lipinski definition) is 6. The van der Waals surface area contributed by atoms with Crippen LogP contribution in [0.25, 0.3) is 0 Å². The molecule has 0 aliphatic rings. The van der Waals surface area contributed by atoms with Crippen molar-refractivity contribution in [3.63, 3.8) is 0 Å². The Hall–Kier alpha value is -2.72. The first-order valence-electron chi connectivity index (χ1n) is 6.17. The summed E-state index contributed by atoms with van der Waals surface area (Å²) in [7, 11) is 3.27. The predicted molar refractivity (Wildman–Crippen MR) is 76.7 cm³/mol. The summed E-state index contributed by atoms with van der Waals surface area (Å²) in [6, 6.07) is 7.72. The van der Waals surface area contributed by atoms with Crippen molar-refractivity contribution in [3.8, 4) is 6.07 Å². The Bertz CT molecular complexity index is 684. The van der Waals surface area contributed by atoms with E-state index in [1.807, 2.05) is 6.07 Å². The molecule has 0 atom stereocenters. The first-order chi connectivity index (χ1) is 10.2. The van der Waals surface area contributed by atoms with Gasteiger partial charge in [0.2, 0.25) is 0 Å². The molecule has 0 unspecified atom stereocenters. The number of nitriles is 1. The largest absolute Gasteiger partial charge is 0.377 e. The highest BCUT2D eigenvalue weighted by molar-refractivity contribution is 5.60. The van der Waals surface area contributed by atoms with E-state index in [0.29, 0.717) is 17.5 Å². The lowest BCUT2D eigenvalue weighted by atomic mass is 10.2. The van der Waals surface area contributed by atoms with E-state index in [9.17, 15) is 4.39 Å². The van der Waals surface area contributed by atoms with E-state index >= 15 is 0 Å². The number of aromatic nitrogens is 2. The topological polar surface area (TPSA) is 82.9 Å². The molecule has 2 rings (SSSR count). The van der Waals surface area contributed by atoms with Crippen LogP contribution in [0.5, 0.6) is 0 Å². The van der Waals surface area contributed by atoms with Crippen molar-refractivity contribution < 1.29 is 9.13 Å². The highest BCUT2D eigenvalue weighted by Crippen LogP contribution is 2.21. The molecule has 0 bridgehead atoms. The first-order valence-corrected chi connectivity index (χ1v) is 6.17. The molecule has 0 fully saturated rings. The number of hydrogen-bond donors (Lipinski definition) is 2. The number of ether oxygens (including phenoxy) is 1. The summed E-state index contributed by atoms with van der Waals surface area (Å²) < 4.78 is 18.9. The quantitative estimate of drug-likeness (QED) is 0.878. The summed E-state index contributed by atoms with van der Waals surface area (Å²) in [6.07, 6.45) is 0. The number of rotatable bonds is 5. The normalized spacial score (nSPS) is 10.0. The number of anilines is 3. The molecular weight excluding hydrogens is 273 g/mol. The van der Waals surface area contributed by atoms with Crippen molar-refractivity contribution in [1.29, 1.82) is 5.26 Å². The number of halogens is 1. The second kappa shape index (κ2) is 6.63. The fourth-order valence-corrected chi connectivity index (χ4v) is 1.71. The minimum Gasteiger partial charge on any atom is -0.377 e. The third-order valence-electron chi connectivity index (χ3n) is 2.66. The zero-order valence-corrected chi connectivity index (χ0v) is 11.6. The second-order valence-electron chi connectivity index (χ2n) is 4.17. The fourth-order valence-electron chi connectivity index (χ4n) is 1.71. The number of methoxy groups -OCH3 is 1. The summed E-state index contributed by atoms with van der Waals surface area (Å²) in [5, 5.41) is 14.5. The number of nitrogens with zero attached hydrogens (tertiary/aromatic N) is 3. The van der Waals surface area contributed by atoms with Crippen LogP contribution in [0.3, 0.4) is 0 Å². The number of benzene rings is 1. The summed E-state index contributed by atoms with van der Waals surface area (Å²) >= 11 is 0. The van der Waals surface area contributed by atoms with Gasteiger partial charge in [-0.25, -0.2) is 14.4 Å². The molecule has 2 N–H and O–H groups in total. The standard InChI is InChI=1S/C14H14FN5O/c1-17-12-6-13(20-14(19-12)8-21-2)18-11-4-3-9(7-16)5-10(11)15/h3-6H,8H2,1-2H3,(H2,17,18,19,20). The lowest BCUT2D eigenvalue weighted by Crippen LogP contribution is -2.05. The van der Waals surface area contributed by atoms with Gasteiger partial charge in [-0.3, -0.25) is 0 Å².